The zero-order valence-corrected chi connectivity index (χ0v) is 17.3. The van der Waals surface area contributed by atoms with Crippen LogP contribution < -0.4 is 20.3 Å². The van der Waals surface area contributed by atoms with Crippen LogP contribution in [0.25, 0.3) is 0 Å². The number of nitrogens with one attached hydrogen (secondary N) is 1. The Bertz CT molecular complexity index is 1160. The molecule has 0 spiro atoms. The number of hydrogen-bond donors (Lipinski definition) is 1. The Kier molecular flexibility index (Phi) is 6.82. The van der Waals surface area contributed by atoms with E-state index in [0.717, 1.165) is 22.4 Å². The second-order valence-corrected chi connectivity index (χ2v) is 6.92. The normalized spacial score (nSPS) is 11.2. The molecule has 0 radical (unpaired) electrons. The van der Waals surface area contributed by atoms with Crippen LogP contribution >= 0.6 is 0 Å². The summed E-state index contributed by atoms with van der Waals surface area (Å²) in [5, 5.41) is 6.64. The molecule has 0 bridgehead atoms. The van der Waals surface area contributed by atoms with Crippen molar-refractivity contribution in [2.45, 2.75) is 26.3 Å². The fraction of sp³-hybridized carbons (Fsp3) is 0.227. The molecular formula is C22H20F3N3O4. The molecule has 0 aliphatic rings. The topological polar surface area (TPSA) is 82.5 Å². The first-order valence-electron chi connectivity index (χ1n) is 9.49. The van der Waals surface area contributed by atoms with Crippen LogP contribution in [0.5, 0.6) is 11.5 Å². The Labute approximate surface area is 181 Å². The minimum Gasteiger partial charge on any atom is -0.497 e. The van der Waals surface area contributed by atoms with Crippen molar-refractivity contribution < 1.29 is 27.4 Å². The number of amides is 1. The number of alkyl halides is 3. The average molecular weight is 447 g/mol. The molecule has 2 aromatic carbocycles. The van der Waals surface area contributed by atoms with Crippen molar-refractivity contribution in [3.63, 3.8) is 0 Å². The number of halogens is 3. The molecule has 32 heavy (non-hydrogen) atoms. The van der Waals surface area contributed by atoms with Gasteiger partial charge in [-0.1, -0.05) is 12.1 Å². The van der Waals surface area contributed by atoms with Gasteiger partial charge in [-0.05, 0) is 55.0 Å². The molecule has 1 N–H and O–H groups in total. The molecule has 0 fully saturated rings. The lowest BCUT2D eigenvalue weighted by Gasteiger charge is -2.11. The fourth-order valence-corrected chi connectivity index (χ4v) is 3.06. The van der Waals surface area contributed by atoms with Crippen LogP contribution in [0.2, 0.25) is 0 Å². The van der Waals surface area contributed by atoms with E-state index in [1.165, 1.54) is 12.1 Å². The predicted molar refractivity (Wildman–Crippen MR) is 111 cm³/mol. The Balaban J connectivity index is 1.71. The second kappa shape index (κ2) is 9.54. The number of anilines is 1. The highest BCUT2D eigenvalue weighted by Crippen LogP contribution is 2.24. The lowest BCUT2D eigenvalue weighted by atomic mass is 10.1. The summed E-state index contributed by atoms with van der Waals surface area (Å²) in [6.07, 6.45) is -4.47. The smallest absolute Gasteiger partial charge is 0.497 e. The number of aromatic nitrogens is 2. The van der Waals surface area contributed by atoms with Crippen LogP contribution in [0.1, 0.15) is 16.8 Å². The van der Waals surface area contributed by atoms with E-state index in [2.05, 4.69) is 15.2 Å². The second-order valence-electron chi connectivity index (χ2n) is 6.92. The number of methoxy groups -OCH3 is 1. The van der Waals surface area contributed by atoms with Gasteiger partial charge < -0.3 is 14.8 Å². The van der Waals surface area contributed by atoms with Gasteiger partial charge in [0.1, 0.15) is 18.0 Å². The molecule has 0 saturated heterocycles. The first kappa shape index (κ1) is 22.9. The summed E-state index contributed by atoms with van der Waals surface area (Å²) in [5.41, 5.74) is 1.73. The Morgan fingerprint density at radius 3 is 2.47 bits per heavy atom. The van der Waals surface area contributed by atoms with Gasteiger partial charge in [-0.15, -0.1) is 13.2 Å². The molecule has 10 heteroatoms. The van der Waals surface area contributed by atoms with Gasteiger partial charge in [0.25, 0.3) is 5.56 Å². The summed E-state index contributed by atoms with van der Waals surface area (Å²) in [5.74, 6) is -0.295. The van der Waals surface area contributed by atoms with E-state index in [1.807, 2.05) is 18.2 Å². The summed E-state index contributed by atoms with van der Waals surface area (Å²) < 4.78 is 46.7. The van der Waals surface area contributed by atoms with E-state index in [-0.39, 0.29) is 12.2 Å². The first-order valence-corrected chi connectivity index (χ1v) is 9.49. The van der Waals surface area contributed by atoms with Crippen LogP contribution in [-0.4, -0.2) is 29.2 Å². The van der Waals surface area contributed by atoms with E-state index in [1.54, 1.807) is 26.2 Å². The van der Waals surface area contributed by atoms with Crippen molar-refractivity contribution >= 4 is 11.6 Å². The number of benzene rings is 2. The van der Waals surface area contributed by atoms with E-state index in [0.29, 0.717) is 23.4 Å². The van der Waals surface area contributed by atoms with Crippen molar-refractivity contribution in [3.8, 4) is 11.5 Å². The minimum atomic E-state index is -4.80. The molecule has 1 amide bonds. The number of rotatable bonds is 7. The van der Waals surface area contributed by atoms with Crippen molar-refractivity contribution in [3.05, 3.63) is 81.8 Å². The molecule has 0 aliphatic carbocycles. The Hall–Kier alpha value is -3.82. The Morgan fingerprint density at radius 2 is 1.81 bits per heavy atom. The van der Waals surface area contributed by atoms with Crippen molar-refractivity contribution in [2.75, 3.05) is 12.4 Å². The first-order chi connectivity index (χ1) is 15.1. The lowest BCUT2D eigenvalue weighted by molar-refractivity contribution is -0.274. The van der Waals surface area contributed by atoms with Crippen LogP contribution in [-0.2, 0) is 17.8 Å². The number of carbonyl (C=O) groups is 1. The van der Waals surface area contributed by atoms with Gasteiger partial charge >= 0.3 is 6.36 Å². The van der Waals surface area contributed by atoms with E-state index < -0.39 is 23.6 Å². The zero-order valence-electron chi connectivity index (χ0n) is 17.3. The molecular weight excluding hydrogens is 427 g/mol. The molecule has 168 valence electrons. The predicted octanol–water partition coefficient (Wildman–Crippen LogP) is 3.69. The number of ether oxygens (including phenoxy) is 2. The molecule has 7 nitrogen and oxygen atoms in total. The summed E-state index contributed by atoms with van der Waals surface area (Å²) in [6.45, 7) is 1.36. The van der Waals surface area contributed by atoms with Gasteiger partial charge in [-0.2, -0.15) is 5.10 Å². The van der Waals surface area contributed by atoms with E-state index in [9.17, 15) is 22.8 Å². The highest BCUT2D eigenvalue weighted by Gasteiger charge is 2.31. The molecule has 1 heterocycles. The molecule has 0 saturated carbocycles. The van der Waals surface area contributed by atoms with Crippen molar-refractivity contribution in [1.82, 2.24) is 9.78 Å². The van der Waals surface area contributed by atoms with Gasteiger partial charge in [0.15, 0.2) is 0 Å². The van der Waals surface area contributed by atoms with Gasteiger partial charge in [0.2, 0.25) is 5.91 Å². The number of hydrogen-bond acceptors (Lipinski definition) is 5. The van der Waals surface area contributed by atoms with Crippen molar-refractivity contribution in [1.29, 1.82) is 0 Å². The zero-order chi connectivity index (χ0) is 23.3. The molecule has 3 aromatic rings. The maximum Gasteiger partial charge on any atom is 0.573 e. The largest absolute Gasteiger partial charge is 0.573 e. The SMILES string of the molecule is COc1cccc(Cc2cc(C)nn(CC(=O)Nc3ccc(OC(F)(F)F)cc3)c2=O)c1. The van der Waals surface area contributed by atoms with Gasteiger partial charge in [0, 0.05) is 17.7 Å². The molecule has 0 atom stereocenters. The maximum atomic E-state index is 12.8. The monoisotopic (exact) mass is 447 g/mol. The van der Waals surface area contributed by atoms with Crippen LogP contribution in [0.15, 0.2) is 59.4 Å². The quantitative estimate of drug-likeness (QED) is 0.598. The third-order valence-electron chi connectivity index (χ3n) is 4.36. The van der Waals surface area contributed by atoms with Gasteiger partial charge in [-0.25, -0.2) is 4.68 Å². The summed E-state index contributed by atoms with van der Waals surface area (Å²) in [4.78, 5) is 25.2. The third-order valence-corrected chi connectivity index (χ3v) is 4.36. The molecule has 3 rings (SSSR count). The minimum absolute atomic E-state index is 0.252. The van der Waals surface area contributed by atoms with Crippen LogP contribution in [0.3, 0.4) is 0 Å². The highest BCUT2D eigenvalue weighted by atomic mass is 19.4. The molecule has 1 aromatic heterocycles. The summed E-state index contributed by atoms with van der Waals surface area (Å²) >= 11 is 0. The van der Waals surface area contributed by atoms with Gasteiger partial charge in [0.05, 0.1) is 12.8 Å². The standard InChI is InChI=1S/C22H20F3N3O4/c1-14-10-16(11-15-4-3-5-19(12-15)31-2)21(30)28(27-14)13-20(29)26-17-6-8-18(9-7-17)32-22(23,24)25/h3-10,12H,11,13H2,1-2H3,(H,26,29). The number of carbonyl (C=O) groups excluding carboxylic acids is 1. The lowest BCUT2D eigenvalue weighted by Crippen LogP contribution is -2.32. The number of nitrogens with zero attached hydrogens (tertiary/aromatic N) is 2. The molecule has 0 unspecified atom stereocenters. The average Bonchev–Trinajstić information content (AvgIpc) is 2.72. The third kappa shape index (κ3) is 6.34. The van der Waals surface area contributed by atoms with Crippen molar-refractivity contribution in [2.24, 2.45) is 0 Å². The summed E-state index contributed by atoms with van der Waals surface area (Å²) in [6, 6.07) is 13.6. The Morgan fingerprint density at radius 1 is 1.09 bits per heavy atom. The van der Waals surface area contributed by atoms with E-state index in [4.69, 9.17) is 4.74 Å². The van der Waals surface area contributed by atoms with E-state index >= 15 is 0 Å². The van der Waals surface area contributed by atoms with Crippen LogP contribution in [0.4, 0.5) is 18.9 Å². The maximum absolute atomic E-state index is 12.8. The summed E-state index contributed by atoms with van der Waals surface area (Å²) in [7, 11) is 1.55. The number of aryl methyl sites for hydroxylation is 1. The highest BCUT2D eigenvalue weighted by molar-refractivity contribution is 5.90. The fourth-order valence-electron chi connectivity index (χ4n) is 3.06. The van der Waals surface area contributed by atoms with Crippen LogP contribution in [0, 0.1) is 6.92 Å². The van der Waals surface area contributed by atoms with Gasteiger partial charge in [-0.3, -0.25) is 9.59 Å². The molecule has 0 aliphatic heterocycles.